The summed E-state index contributed by atoms with van der Waals surface area (Å²) in [5.41, 5.74) is 4.93. The van der Waals surface area contributed by atoms with Gasteiger partial charge in [0.05, 0.1) is 11.2 Å². The minimum Gasteiger partial charge on any atom is -0.369 e. The summed E-state index contributed by atoms with van der Waals surface area (Å²) in [4.78, 5) is 0. The highest BCUT2D eigenvalue weighted by atomic mass is 16.5. The zero-order valence-corrected chi connectivity index (χ0v) is 17.5. The molecular formula is C24H38O. The van der Waals surface area contributed by atoms with Crippen molar-refractivity contribution < 1.29 is 4.74 Å². The van der Waals surface area contributed by atoms with Gasteiger partial charge in [-0.15, -0.1) is 0 Å². The Bertz CT molecular complexity index is 629. The van der Waals surface area contributed by atoms with E-state index in [0.717, 1.165) is 6.42 Å². The van der Waals surface area contributed by atoms with Crippen molar-refractivity contribution >= 4 is 0 Å². The van der Waals surface area contributed by atoms with Gasteiger partial charge in [0.15, 0.2) is 0 Å². The lowest BCUT2D eigenvalue weighted by Gasteiger charge is -2.56. The fourth-order valence-corrected chi connectivity index (χ4v) is 5.64. The van der Waals surface area contributed by atoms with Crippen molar-refractivity contribution in [1.29, 1.82) is 0 Å². The Morgan fingerprint density at radius 2 is 1.92 bits per heavy atom. The largest absolute Gasteiger partial charge is 0.369 e. The third-order valence-electron chi connectivity index (χ3n) is 7.35. The fraction of sp³-hybridized carbons (Fsp3) is 0.750. The average molecular weight is 343 g/mol. The molecule has 1 fully saturated rings. The molecule has 1 heteroatoms. The van der Waals surface area contributed by atoms with Crippen molar-refractivity contribution in [3.63, 3.8) is 0 Å². The van der Waals surface area contributed by atoms with Gasteiger partial charge >= 0.3 is 0 Å². The maximum Gasteiger partial charge on any atom is 0.0698 e. The average Bonchev–Trinajstić information content (AvgIpc) is 2.53. The third-order valence-corrected chi connectivity index (χ3v) is 7.35. The van der Waals surface area contributed by atoms with Crippen LogP contribution in [0.3, 0.4) is 0 Å². The molecular weight excluding hydrogens is 304 g/mol. The van der Waals surface area contributed by atoms with E-state index in [-0.39, 0.29) is 16.6 Å². The fourth-order valence-electron chi connectivity index (χ4n) is 5.64. The smallest absolute Gasteiger partial charge is 0.0698 e. The highest BCUT2D eigenvalue weighted by Crippen LogP contribution is 2.56. The predicted octanol–water partition coefficient (Wildman–Crippen LogP) is 6.78. The van der Waals surface area contributed by atoms with E-state index in [1.165, 1.54) is 37.7 Å². The Labute approximate surface area is 155 Å². The van der Waals surface area contributed by atoms with E-state index >= 15 is 0 Å². The van der Waals surface area contributed by atoms with Gasteiger partial charge in [0.2, 0.25) is 0 Å². The van der Waals surface area contributed by atoms with Crippen LogP contribution in [0, 0.1) is 5.92 Å². The van der Waals surface area contributed by atoms with E-state index in [4.69, 9.17) is 4.74 Å². The maximum atomic E-state index is 6.83. The second kappa shape index (κ2) is 6.41. The van der Waals surface area contributed by atoms with Gasteiger partial charge in [0.25, 0.3) is 0 Å². The summed E-state index contributed by atoms with van der Waals surface area (Å²) in [5.74, 6) is 1.23. The summed E-state index contributed by atoms with van der Waals surface area (Å²) in [7, 11) is 0. The Kier molecular flexibility index (Phi) is 4.86. The summed E-state index contributed by atoms with van der Waals surface area (Å²) in [6, 6.07) is 7.32. The molecule has 2 aliphatic rings. The SMILES string of the molecule is CCC(C)(C)OC1(C)CCCC2(C)c3ccc(C(C)C)cc3CCC12. The van der Waals surface area contributed by atoms with Gasteiger partial charge in [0, 0.05) is 0 Å². The summed E-state index contributed by atoms with van der Waals surface area (Å²) < 4.78 is 6.83. The molecule has 0 saturated heterocycles. The molecule has 25 heavy (non-hydrogen) atoms. The predicted molar refractivity (Wildman–Crippen MR) is 107 cm³/mol. The summed E-state index contributed by atoms with van der Waals surface area (Å²) in [5, 5.41) is 0. The molecule has 3 rings (SSSR count). The minimum absolute atomic E-state index is 0.000912. The van der Waals surface area contributed by atoms with Crippen LogP contribution >= 0.6 is 0 Å². The van der Waals surface area contributed by atoms with Crippen LogP contribution in [0.25, 0.3) is 0 Å². The van der Waals surface area contributed by atoms with Gasteiger partial charge in [-0.3, -0.25) is 0 Å². The van der Waals surface area contributed by atoms with Gasteiger partial charge in [-0.05, 0) is 93.2 Å². The van der Waals surface area contributed by atoms with Gasteiger partial charge in [-0.2, -0.15) is 0 Å². The van der Waals surface area contributed by atoms with E-state index in [9.17, 15) is 0 Å². The van der Waals surface area contributed by atoms with Gasteiger partial charge in [0.1, 0.15) is 0 Å². The van der Waals surface area contributed by atoms with E-state index in [1.54, 1.807) is 11.1 Å². The maximum absolute atomic E-state index is 6.83. The van der Waals surface area contributed by atoms with Crippen LogP contribution in [0.4, 0.5) is 0 Å². The third kappa shape index (κ3) is 3.29. The van der Waals surface area contributed by atoms with Crippen molar-refractivity contribution in [2.24, 2.45) is 5.92 Å². The van der Waals surface area contributed by atoms with Crippen LogP contribution in [-0.2, 0) is 16.6 Å². The number of hydrogen-bond donors (Lipinski definition) is 0. The van der Waals surface area contributed by atoms with Crippen LogP contribution in [-0.4, -0.2) is 11.2 Å². The van der Waals surface area contributed by atoms with E-state index in [1.807, 2.05) is 0 Å². The molecule has 3 unspecified atom stereocenters. The molecule has 0 bridgehead atoms. The molecule has 1 nitrogen and oxygen atoms in total. The second-order valence-corrected chi connectivity index (χ2v) is 9.96. The number of hydrogen-bond acceptors (Lipinski definition) is 1. The summed E-state index contributed by atoms with van der Waals surface area (Å²) in [6.45, 7) is 16.3. The Morgan fingerprint density at radius 1 is 1.20 bits per heavy atom. The van der Waals surface area contributed by atoms with Gasteiger partial charge in [-0.1, -0.05) is 45.9 Å². The highest BCUT2D eigenvalue weighted by molar-refractivity contribution is 5.42. The Hall–Kier alpha value is -0.820. The number of rotatable bonds is 4. The minimum atomic E-state index is -0.0330. The summed E-state index contributed by atoms with van der Waals surface area (Å²) >= 11 is 0. The Balaban J connectivity index is 1.98. The lowest BCUT2D eigenvalue weighted by molar-refractivity contribution is -0.191. The molecule has 2 aliphatic carbocycles. The van der Waals surface area contributed by atoms with Gasteiger partial charge < -0.3 is 4.74 Å². The highest BCUT2D eigenvalue weighted by Gasteiger charge is 2.53. The standard InChI is InChI=1S/C24H38O/c1-8-22(4,5)25-24(7)15-9-14-23(6)20-12-10-18(17(2)3)16-19(20)11-13-21(23)24/h10,12,16-17,21H,8-9,11,13-15H2,1-7H3. The van der Waals surface area contributed by atoms with Crippen LogP contribution in [0.15, 0.2) is 18.2 Å². The monoisotopic (exact) mass is 342 g/mol. The van der Waals surface area contributed by atoms with Crippen LogP contribution in [0.2, 0.25) is 0 Å². The molecule has 0 heterocycles. The second-order valence-electron chi connectivity index (χ2n) is 9.96. The number of benzene rings is 1. The summed E-state index contributed by atoms with van der Waals surface area (Å²) in [6.07, 6.45) is 7.32. The molecule has 0 aliphatic heterocycles. The zero-order valence-electron chi connectivity index (χ0n) is 17.5. The quantitative estimate of drug-likeness (QED) is 0.586. The zero-order chi connectivity index (χ0) is 18.5. The number of fused-ring (bicyclic) bond motifs is 3. The Morgan fingerprint density at radius 3 is 2.56 bits per heavy atom. The van der Waals surface area contributed by atoms with Crippen LogP contribution in [0.1, 0.15) is 103 Å². The molecule has 0 radical (unpaired) electrons. The number of ether oxygens (including phenoxy) is 1. The molecule has 0 aromatic heterocycles. The molecule has 1 aromatic carbocycles. The lowest BCUT2D eigenvalue weighted by atomic mass is 9.53. The molecule has 1 saturated carbocycles. The first-order chi connectivity index (χ1) is 11.6. The topological polar surface area (TPSA) is 9.23 Å². The van der Waals surface area contributed by atoms with E-state index < -0.39 is 0 Å². The van der Waals surface area contributed by atoms with Crippen molar-refractivity contribution in [2.45, 2.75) is 110 Å². The molecule has 3 atom stereocenters. The first-order valence-electron chi connectivity index (χ1n) is 10.4. The van der Waals surface area contributed by atoms with E-state index in [0.29, 0.717) is 11.8 Å². The van der Waals surface area contributed by atoms with Gasteiger partial charge in [-0.25, -0.2) is 0 Å². The van der Waals surface area contributed by atoms with E-state index in [2.05, 4.69) is 66.7 Å². The van der Waals surface area contributed by atoms with Crippen LogP contribution in [0.5, 0.6) is 0 Å². The molecule has 140 valence electrons. The van der Waals surface area contributed by atoms with Crippen molar-refractivity contribution in [1.82, 2.24) is 0 Å². The van der Waals surface area contributed by atoms with Crippen molar-refractivity contribution in [2.75, 3.05) is 0 Å². The first-order valence-corrected chi connectivity index (χ1v) is 10.4. The van der Waals surface area contributed by atoms with Crippen LogP contribution < -0.4 is 0 Å². The van der Waals surface area contributed by atoms with Crippen molar-refractivity contribution in [3.8, 4) is 0 Å². The van der Waals surface area contributed by atoms with Crippen molar-refractivity contribution in [3.05, 3.63) is 34.9 Å². The molecule has 0 amide bonds. The first kappa shape index (κ1) is 19.0. The molecule has 0 spiro atoms. The number of aryl methyl sites for hydroxylation is 1. The normalized spacial score (nSPS) is 32.4. The lowest BCUT2D eigenvalue weighted by Crippen LogP contribution is -2.56. The molecule has 1 aromatic rings. The molecule has 0 N–H and O–H groups in total.